The number of aliphatic carboxylic acids is 1. The van der Waals surface area contributed by atoms with E-state index >= 15 is 0 Å². The van der Waals surface area contributed by atoms with Crippen LogP contribution >= 0.6 is 0 Å². The first-order valence-corrected chi connectivity index (χ1v) is 8.49. The third-order valence-corrected chi connectivity index (χ3v) is 4.25. The highest BCUT2D eigenvalue weighted by molar-refractivity contribution is 7.90. The van der Waals surface area contributed by atoms with Gasteiger partial charge in [-0.3, -0.25) is 4.79 Å². The fraction of sp³-hybridized carbons (Fsp3) is 0.500. The van der Waals surface area contributed by atoms with Gasteiger partial charge in [-0.25, -0.2) is 8.42 Å². The number of likely N-dealkylation sites (N-methyl/N-ethyl adjacent to an activating group) is 1. The van der Waals surface area contributed by atoms with Gasteiger partial charge in [0.1, 0.15) is 11.3 Å². The molecule has 0 aliphatic rings. The molecule has 1 unspecified atom stereocenters. The van der Waals surface area contributed by atoms with Gasteiger partial charge in [0.25, 0.3) is 0 Å². The van der Waals surface area contributed by atoms with E-state index in [1.54, 1.807) is 19.1 Å². The van der Waals surface area contributed by atoms with Crippen LogP contribution in [0.5, 0.6) is 5.75 Å². The molecule has 0 saturated carbocycles. The summed E-state index contributed by atoms with van der Waals surface area (Å²) in [7, 11) is -3.29. The summed E-state index contributed by atoms with van der Waals surface area (Å²) < 4.78 is 28.4. The average Bonchev–Trinajstić information content (AvgIpc) is 2.38. The van der Waals surface area contributed by atoms with E-state index < -0.39 is 21.3 Å². The zero-order valence-corrected chi connectivity index (χ0v) is 13.2. The van der Waals surface area contributed by atoms with Gasteiger partial charge in [-0.05, 0) is 31.7 Å². The topological polar surface area (TPSA) is 92.7 Å². The summed E-state index contributed by atoms with van der Waals surface area (Å²) in [4.78, 5) is 11.4. The Bertz CT molecular complexity index is 599. The van der Waals surface area contributed by atoms with Crippen LogP contribution in [0.25, 0.3) is 0 Å². The van der Waals surface area contributed by atoms with E-state index in [0.717, 1.165) is 6.26 Å². The monoisotopic (exact) mass is 315 g/mol. The molecule has 0 spiro atoms. The molecule has 1 rings (SSSR count). The molecule has 2 N–H and O–H groups in total. The molecule has 118 valence electrons. The van der Waals surface area contributed by atoms with E-state index in [2.05, 4.69) is 5.32 Å². The van der Waals surface area contributed by atoms with Crippen LogP contribution in [0.3, 0.4) is 0 Å². The zero-order valence-electron chi connectivity index (χ0n) is 12.4. The molecule has 1 atom stereocenters. The minimum absolute atomic E-state index is 0.170. The van der Waals surface area contributed by atoms with E-state index in [9.17, 15) is 18.3 Å². The van der Waals surface area contributed by atoms with Gasteiger partial charge >= 0.3 is 5.97 Å². The standard InChI is InChI=1S/C14H21NO5S/c1-4-15-14(2,13(16)17)8-9-20-11-6-5-7-12(10-11)21(3,18)19/h5-7,10,15H,4,8-9H2,1-3H3,(H,16,17). The van der Waals surface area contributed by atoms with Gasteiger partial charge < -0.3 is 15.2 Å². The number of rotatable bonds is 8. The van der Waals surface area contributed by atoms with Crippen LogP contribution < -0.4 is 10.1 Å². The van der Waals surface area contributed by atoms with Gasteiger partial charge in [0, 0.05) is 12.7 Å². The first-order valence-electron chi connectivity index (χ1n) is 6.60. The predicted octanol–water partition coefficient (Wildman–Crippen LogP) is 1.31. The molecular formula is C14H21NO5S. The smallest absolute Gasteiger partial charge is 0.323 e. The highest BCUT2D eigenvalue weighted by Gasteiger charge is 2.31. The van der Waals surface area contributed by atoms with Crippen molar-refractivity contribution in [2.75, 3.05) is 19.4 Å². The summed E-state index contributed by atoms with van der Waals surface area (Å²) >= 11 is 0. The Hall–Kier alpha value is -1.60. The largest absolute Gasteiger partial charge is 0.493 e. The third-order valence-electron chi connectivity index (χ3n) is 3.14. The maximum atomic E-state index is 11.4. The molecule has 0 aliphatic carbocycles. The zero-order chi connectivity index (χ0) is 16.1. The number of nitrogens with one attached hydrogen (secondary N) is 1. The van der Waals surface area contributed by atoms with Crippen molar-refractivity contribution in [2.24, 2.45) is 0 Å². The van der Waals surface area contributed by atoms with Crippen LogP contribution in [0, 0.1) is 0 Å². The number of carbonyl (C=O) groups is 1. The van der Waals surface area contributed by atoms with Crippen LogP contribution in [-0.2, 0) is 14.6 Å². The van der Waals surface area contributed by atoms with Crippen molar-refractivity contribution in [1.82, 2.24) is 5.32 Å². The lowest BCUT2D eigenvalue weighted by Gasteiger charge is -2.25. The minimum Gasteiger partial charge on any atom is -0.493 e. The molecule has 0 heterocycles. The molecule has 0 saturated heterocycles. The second-order valence-electron chi connectivity index (χ2n) is 5.01. The highest BCUT2D eigenvalue weighted by atomic mass is 32.2. The van der Waals surface area contributed by atoms with Crippen molar-refractivity contribution in [3.63, 3.8) is 0 Å². The van der Waals surface area contributed by atoms with Gasteiger partial charge in [0.05, 0.1) is 11.5 Å². The van der Waals surface area contributed by atoms with Gasteiger partial charge in [0.2, 0.25) is 0 Å². The first kappa shape index (κ1) is 17.5. The van der Waals surface area contributed by atoms with Gasteiger partial charge in [0.15, 0.2) is 9.84 Å². The molecule has 0 aromatic heterocycles. The van der Waals surface area contributed by atoms with Crippen molar-refractivity contribution < 1.29 is 23.1 Å². The molecule has 0 radical (unpaired) electrons. The van der Waals surface area contributed by atoms with Gasteiger partial charge in [-0.2, -0.15) is 0 Å². The number of carboxylic acids is 1. The molecule has 1 aromatic rings. The Morgan fingerprint density at radius 2 is 2.10 bits per heavy atom. The second-order valence-corrected chi connectivity index (χ2v) is 7.03. The summed E-state index contributed by atoms with van der Waals surface area (Å²) in [6.07, 6.45) is 1.39. The van der Waals surface area contributed by atoms with Crippen LogP contribution in [0.1, 0.15) is 20.3 Å². The number of hydrogen-bond acceptors (Lipinski definition) is 5. The van der Waals surface area contributed by atoms with Crippen LogP contribution in [0.15, 0.2) is 29.2 Å². The first-order chi connectivity index (χ1) is 9.69. The molecule has 21 heavy (non-hydrogen) atoms. The molecular weight excluding hydrogens is 294 g/mol. The van der Waals surface area contributed by atoms with E-state index in [-0.39, 0.29) is 17.9 Å². The molecule has 0 amide bonds. The number of hydrogen-bond donors (Lipinski definition) is 2. The van der Waals surface area contributed by atoms with Crippen molar-refractivity contribution >= 4 is 15.8 Å². The Morgan fingerprint density at radius 1 is 1.43 bits per heavy atom. The number of benzene rings is 1. The number of ether oxygens (including phenoxy) is 1. The fourth-order valence-corrected chi connectivity index (χ4v) is 2.48. The van der Waals surface area contributed by atoms with Gasteiger partial charge in [-0.1, -0.05) is 13.0 Å². The van der Waals surface area contributed by atoms with E-state index in [1.165, 1.54) is 12.1 Å². The molecule has 1 aromatic carbocycles. The normalized spacial score (nSPS) is 14.4. The summed E-state index contributed by atoms with van der Waals surface area (Å²) in [5.74, 6) is -0.542. The number of carboxylic acid groups (broad SMARTS) is 1. The van der Waals surface area contributed by atoms with Crippen molar-refractivity contribution in [3.05, 3.63) is 24.3 Å². The van der Waals surface area contributed by atoms with Crippen molar-refractivity contribution in [2.45, 2.75) is 30.7 Å². The van der Waals surface area contributed by atoms with Crippen LogP contribution in [-0.4, -0.2) is 44.4 Å². The van der Waals surface area contributed by atoms with Crippen molar-refractivity contribution in [3.8, 4) is 5.75 Å². The Labute approximate surface area is 125 Å². The Kier molecular flexibility index (Phi) is 5.74. The highest BCUT2D eigenvalue weighted by Crippen LogP contribution is 2.18. The molecule has 6 nitrogen and oxygen atoms in total. The summed E-state index contributed by atoms with van der Waals surface area (Å²) in [6.45, 7) is 4.13. The molecule has 0 aliphatic heterocycles. The lowest BCUT2D eigenvalue weighted by atomic mass is 9.98. The number of sulfone groups is 1. The molecule has 7 heteroatoms. The minimum atomic E-state index is -3.29. The lowest BCUT2D eigenvalue weighted by molar-refractivity contribution is -0.144. The summed E-state index contributed by atoms with van der Waals surface area (Å²) in [5, 5.41) is 12.1. The maximum Gasteiger partial charge on any atom is 0.323 e. The summed E-state index contributed by atoms with van der Waals surface area (Å²) in [6, 6.07) is 6.15. The van der Waals surface area contributed by atoms with Gasteiger partial charge in [-0.15, -0.1) is 0 Å². The van der Waals surface area contributed by atoms with Crippen LogP contribution in [0.4, 0.5) is 0 Å². The quantitative estimate of drug-likeness (QED) is 0.751. The fourth-order valence-electron chi connectivity index (χ4n) is 1.83. The second kappa shape index (κ2) is 6.91. The van der Waals surface area contributed by atoms with E-state index in [1.807, 2.05) is 6.92 Å². The average molecular weight is 315 g/mol. The third kappa shape index (κ3) is 5.02. The molecule has 0 fully saturated rings. The predicted molar refractivity (Wildman–Crippen MR) is 79.4 cm³/mol. The Morgan fingerprint density at radius 3 is 2.62 bits per heavy atom. The lowest BCUT2D eigenvalue weighted by Crippen LogP contribution is -2.50. The van der Waals surface area contributed by atoms with E-state index in [0.29, 0.717) is 12.3 Å². The maximum absolute atomic E-state index is 11.4. The molecule has 0 bridgehead atoms. The van der Waals surface area contributed by atoms with E-state index in [4.69, 9.17) is 4.74 Å². The Balaban J connectivity index is 2.70. The van der Waals surface area contributed by atoms with Crippen LogP contribution in [0.2, 0.25) is 0 Å². The SMILES string of the molecule is CCNC(C)(CCOc1cccc(S(C)(=O)=O)c1)C(=O)O. The summed E-state index contributed by atoms with van der Waals surface area (Å²) in [5.41, 5.74) is -1.07. The van der Waals surface area contributed by atoms with Crippen molar-refractivity contribution in [1.29, 1.82) is 0 Å².